The molecular formula is C12H15N3O. The minimum Gasteiger partial charge on any atom is -0.381 e. The Labute approximate surface area is 95.3 Å². The second-order valence-electron chi connectivity index (χ2n) is 4.09. The van der Waals surface area contributed by atoms with Gasteiger partial charge in [-0.15, -0.1) is 0 Å². The summed E-state index contributed by atoms with van der Waals surface area (Å²) in [5, 5.41) is 12.0. The van der Waals surface area contributed by atoms with Crippen LogP contribution in [0.4, 0.5) is 5.69 Å². The van der Waals surface area contributed by atoms with E-state index in [0.29, 0.717) is 17.8 Å². The third-order valence-corrected chi connectivity index (χ3v) is 2.73. The normalized spacial score (nSPS) is 24.8. The van der Waals surface area contributed by atoms with E-state index in [2.05, 4.69) is 17.2 Å². The fourth-order valence-electron chi connectivity index (χ4n) is 1.91. The van der Waals surface area contributed by atoms with Crippen LogP contribution in [-0.4, -0.2) is 23.7 Å². The molecule has 16 heavy (non-hydrogen) atoms. The minimum absolute atomic E-state index is 0.317. The Morgan fingerprint density at radius 1 is 1.56 bits per heavy atom. The van der Waals surface area contributed by atoms with E-state index in [1.807, 2.05) is 12.1 Å². The van der Waals surface area contributed by atoms with E-state index in [1.54, 1.807) is 12.3 Å². The van der Waals surface area contributed by atoms with Gasteiger partial charge in [-0.1, -0.05) is 0 Å². The largest absolute Gasteiger partial charge is 0.381 e. The van der Waals surface area contributed by atoms with Crippen LogP contribution in [0.15, 0.2) is 18.3 Å². The maximum absolute atomic E-state index is 8.64. The quantitative estimate of drug-likeness (QED) is 0.822. The number of ether oxygens (including phenoxy) is 1. The molecule has 1 saturated heterocycles. The van der Waals surface area contributed by atoms with Crippen molar-refractivity contribution in [1.29, 1.82) is 5.26 Å². The molecule has 0 spiro atoms. The van der Waals surface area contributed by atoms with Crippen molar-refractivity contribution >= 4 is 5.69 Å². The summed E-state index contributed by atoms with van der Waals surface area (Å²) in [6.45, 7) is 2.90. The molecule has 0 aliphatic carbocycles. The van der Waals surface area contributed by atoms with Crippen LogP contribution < -0.4 is 5.32 Å². The lowest BCUT2D eigenvalue weighted by Gasteiger charge is -2.28. The number of nitrogens with zero attached hydrogens (tertiary/aromatic N) is 2. The monoisotopic (exact) mass is 217 g/mol. The molecule has 0 amide bonds. The highest BCUT2D eigenvalue weighted by Gasteiger charge is 2.18. The third kappa shape index (κ3) is 2.71. The fourth-order valence-corrected chi connectivity index (χ4v) is 1.91. The third-order valence-electron chi connectivity index (χ3n) is 2.73. The molecule has 1 aliphatic rings. The highest BCUT2D eigenvalue weighted by atomic mass is 16.5. The first-order valence-corrected chi connectivity index (χ1v) is 5.52. The summed E-state index contributed by atoms with van der Waals surface area (Å²) < 4.78 is 5.48. The van der Waals surface area contributed by atoms with Crippen molar-refractivity contribution in [1.82, 2.24) is 4.98 Å². The zero-order chi connectivity index (χ0) is 11.4. The standard InChI is InChI=1S/C12H15N3O/c1-9-6-10(4-5-16-9)15-12-3-2-11(7-13)14-8-12/h2-3,8-10,15H,4-6H2,1H3. The number of hydrogen-bond donors (Lipinski definition) is 1. The number of nitrogens with one attached hydrogen (secondary N) is 1. The Kier molecular flexibility index (Phi) is 3.37. The Bertz CT molecular complexity index is 382. The molecule has 0 aromatic carbocycles. The van der Waals surface area contributed by atoms with Crippen LogP contribution in [0.25, 0.3) is 0 Å². The van der Waals surface area contributed by atoms with Gasteiger partial charge >= 0.3 is 0 Å². The van der Waals surface area contributed by atoms with Crippen molar-refractivity contribution in [3.8, 4) is 6.07 Å². The van der Waals surface area contributed by atoms with Crippen LogP contribution in [-0.2, 0) is 4.74 Å². The Morgan fingerprint density at radius 3 is 3.06 bits per heavy atom. The molecule has 4 nitrogen and oxygen atoms in total. The van der Waals surface area contributed by atoms with Crippen molar-refractivity contribution in [3.63, 3.8) is 0 Å². The number of hydrogen-bond acceptors (Lipinski definition) is 4. The van der Waals surface area contributed by atoms with E-state index in [0.717, 1.165) is 25.1 Å². The second kappa shape index (κ2) is 4.95. The van der Waals surface area contributed by atoms with Crippen molar-refractivity contribution in [2.75, 3.05) is 11.9 Å². The van der Waals surface area contributed by atoms with E-state index in [-0.39, 0.29) is 0 Å². The van der Waals surface area contributed by atoms with Crippen LogP contribution >= 0.6 is 0 Å². The molecule has 0 saturated carbocycles. The first kappa shape index (κ1) is 10.9. The predicted octanol–water partition coefficient (Wildman–Crippen LogP) is 1.93. The number of anilines is 1. The van der Waals surface area contributed by atoms with Crippen molar-refractivity contribution in [2.24, 2.45) is 0 Å². The van der Waals surface area contributed by atoms with E-state index < -0.39 is 0 Å². The van der Waals surface area contributed by atoms with Gasteiger partial charge in [-0.2, -0.15) is 5.26 Å². The molecule has 1 N–H and O–H groups in total. The van der Waals surface area contributed by atoms with Gasteiger partial charge < -0.3 is 10.1 Å². The fraction of sp³-hybridized carbons (Fsp3) is 0.500. The van der Waals surface area contributed by atoms with Gasteiger partial charge in [0, 0.05) is 12.6 Å². The molecule has 0 radical (unpaired) electrons. The molecular weight excluding hydrogens is 202 g/mol. The zero-order valence-electron chi connectivity index (χ0n) is 9.31. The molecule has 2 atom stereocenters. The zero-order valence-corrected chi connectivity index (χ0v) is 9.31. The van der Waals surface area contributed by atoms with Crippen molar-refractivity contribution < 1.29 is 4.74 Å². The first-order valence-electron chi connectivity index (χ1n) is 5.52. The topological polar surface area (TPSA) is 57.9 Å². The average molecular weight is 217 g/mol. The summed E-state index contributed by atoms with van der Waals surface area (Å²) in [6, 6.07) is 6.07. The van der Waals surface area contributed by atoms with Gasteiger partial charge in [0.25, 0.3) is 0 Å². The van der Waals surface area contributed by atoms with Crippen molar-refractivity contribution in [2.45, 2.75) is 31.9 Å². The van der Waals surface area contributed by atoms with Crippen LogP contribution in [0.5, 0.6) is 0 Å². The number of pyridine rings is 1. The maximum Gasteiger partial charge on any atom is 0.140 e. The molecule has 2 rings (SSSR count). The summed E-state index contributed by atoms with van der Waals surface area (Å²) in [5.74, 6) is 0. The summed E-state index contributed by atoms with van der Waals surface area (Å²) in [4.78, 5) is 4.03. The van der Waals surface area contributed by atoms with Gasteiger partial charge in [0.05, 0.1) is 18.0 Å². The predicted molar refractivity (Wildman–Crippen MR) is 61.0 cm³/mol. The SMILES string of the molecule is CC1CC(Nc2ccc(C#N)nc2)CCO1. The molecule has 0 bridgehead atoms. The summed E-state index contributed by atoms with van der Waals surface area (Å²) in [6.07, 6.45) is 4.06. The highest BCUT2D eigenvalue weighted by Crippen LogP contribution is 2.18. The molecule has 4 heteroatoms. The molecule has 1 fully saturated rings. The summed E-state index contributed by atoms with van der Waals surface area (Å²) in [7, 11) is 0. The Hall–Kier alpha value is -1.60. The molecule has 1 aromatic rings. The van der Waals surface area contributed by atoms with Crippen LogP contribution in [0.1, 0.15) is 25.5 Å². The van der Waals surface area contributed by atoms with Gasteiger partial charge in [-0.3, -0.25) is 0 Å². The molecule has 1 aromatic heterocycles. The van der Waals surface area contributed by atoms with Crippen molar-refractivity contribution in [3.05, 3.63) is 24.0 Å². The summed E-state index contributed by atoms with van der Waals surface area (Å²) >= 11 is 0. The number of nitriles is 1. The summed E-state index contributed by atoms with van der Waals surface area (Å²) in [5.41, 5.74) is 1.42. The molecule has 2 unspecified atom stereocenters. The first-order chi connectivity index (χ1) is 7.78. The van der Waals surface area contributed by atoms with Gasteiger partial charge in [0.15, 0.2) is 0 Å². The molecule has 2 heterocycles. The van der Waals surface area contributed by atoms with E-state index in [4.69, 9.17) is 10.00 Å². The van der Waals surface area contributed by atoms with E-state index in [9.17, 15) is 0 Å². The molecule has 84 valence electrons. The minimum atomic E-state index is 0.317. The number of rotatable bonds is 2. The Balaban J connectivity index is 1.95. The van der Waals surface area contributed by atoms with E-state index in [1.165, 1.54) is 0 Å². The van der Waals surface area contributed by atoms with Crippen LogP contribution in [0, 0.1) is 11.3 Å². The molecule has 1 aliphatic heterocycles. The van der Waals surface area contributed by atoms with Gasteiger partial charge in [0.1, 0.15) is 11.8 Å². The van der Waals surface area contributed by atoms with E-state index >= 15 is 0 Å². The maximum atomic E-state index is 8.64. The smallest absolute Gasteiger partial charge is 0.140 e. The van der Waals surface area contributed by atoms with Crippen LogP contribution in [0.2, 0.25) is 0 Å². The average Bonchev–Trinajstić information content (AvgIpc) is 2.30. The lowest BCUT2D eigenvalue weighted by atomic mass is 10.0. The van der Waals surface area contributed by atoms with Gasteiger partial charge in [-0.25, -0.2) is 4.98 Å². The lowest BCUT2D eigenvalue weighted by molar-refractivity contribution is 0.0232. The Morgan fingerprint density at radius 2 is 2.44 bits per heavy atom. The van der Waals surface area contributed by atoms with Gasteiger partial charge in [0.2, 0.25) is 0 Å². The lowest BCUT2D eigenvalue weighted by Crippen LogP contribution is -2.32. The van der Waals surface area contributed by atoms with Crippen LogP contribution in [0.3, 0.4) is 0 Å². The number of aromatic nitrogens is 1. The highest BCUT2D eigenvalue weighted by molar-refractivity contribution is 5.43. The second-order valence-corrected chi connectivity index (χ2v) is 4.09. The van der Waals surface area contributed by atoms with Gasteiger partial charge in [-0.05, 0) is 31.9 Å².